The Balaban J connectivity index is 2.63. The predicted octanol–water partition coefficient (Wildman–Crippen LogP) is 3.20. The second-order valence-electron chi connectivity index (χ2n) is 5.34. The van der Waals surface area contributed by atoms with Crippen molar-refractivity contribution in [1.82, 2.24) is 10.3 Å². The van der Waals surface area contributed by atoms with Crippen molar-refractivity contribution >= 4 is 11.3 Å². The maximum atomic E-state index is 5.02. The number of hydrogen-bond donors (Lipinski definition) is 1. The van der Waals surface area contributed by atoms with E-state index in [0.717, 1.165) is 26.1 Å². The topological polar surface area (TPSA) is 34.1 Å². The van der Waals surface area contributed by atoms with Gasteiger partial charge < -0.3 is 10.1 Å². The number of ether oxygens (including phenoxy) is 1. The molecule has 1 aromatic rings. The number of thiazole rings is 1. The molecule has 0 aliphatic carbocycles. The summed E-state index contributed by atoms with van der Waals surface area (Å²) in [5.74, 6) is 1.24. The molecular weight excluding hydrogens is 244 g/mol. The molecule has 1 N–H and O–H groups in total. The zero-order chi connectivity index (χ0) is 13.5. The molecular formula is C14H26N2OS. The Hall–Kier alpha value is -0.450. The third-order valence-corrected chi connectivity index (χ3v) is 4.06. The van der Waals surface area contributed by atoms with E-state index < -0.39 is 0 Å². The van der Waals surface area contributed by atoms with Crippen molar-refractivity contribution in [1.29, 1.82) is 0 Å². The van der Waals surface area contributed by atoms with E-state index in [1.54, 1.807) is 7.11 Å². The molecule has 0 bridgehead atoms. The van der Waals surface area contributed by atoms with Gasteiger partial charge in [-0.3, -0.25) is 0 Å². The van der Waals surface area contributed by atoms with Crippen molar-refractivity contribution in [3.05, 3.63) is 15.6 Å². The van der Waals surface area contributed by atoms with E-state index in [0.29, 0.717) is 11.8 Å². The molecule has 0 fully saturated rings. The standard InChI is InChI=1S/C14H26N2OS/c1-10(2)8-12-14(11(3)4)18-13(16-12)9-15-6-7-17-5/h10-11,15H,6-9H2,1-5H3. The second kappa shape index (κ2) is 7.87. The molecule has 18 heavy (non-hydrogen) atoms. The smallest absolute Gasteiger partial charge is 0.107 e. The van der Waals surface area contributed by atoms with Gasteiger partial charge in [0, 0.05) is 25.1 Å². The van der Waals surface area contributed by atoms with E-state index in [1.165, 1.54) is 15.6 Å². The highest BCUT2D eigenvalue weighted by atomic mass is 32.1. The number of rotatable bonds is 8. The average Bonchev–Trinajstić information content (AvgIpc) is 2.67. The molecule has 0 saturated carbocycles. The summed E-state index contributed by atoms with van der Waals surface area (Å²) in [5, 5.41) is 4.56. The lowest BCUT2D eigenvalue weighted by molar-refractivity contribution is 0.199. The van der Waals surface area contributed by atoms with Crippen LogP contribution >= 0.6 is 11.3 Å². The number of hydrogen-bond acceptors (Lipinski definition) is 4. The van der Waals surface area contributed by atoms with Crippen LogP contribution in [0.2, 0.25) is 0 Å². The first kappa shape index (κ1) is 15.6. The van der Waals surface area contributed by atoms with Crippen LogP contribution in [0.5, 0.6) is 0 Å². The summed E-state index contributed by atoms with van der Waals surface area (Å²) in [4.78, 5) is 6.24. The Bertz CT molecular complexity index is 348. The van der Waals surface area contributed by atoms with E-state index in [4.69, 9.17) is 9.72 Å². The first-order chi connectivity index (χ1) is 8.54. The van der Waals surface area contributed by atoms with E-state index in [-0.39, 0.29) is 0 Å². The molecule has 0 radical (unpaired) electrons. The lowest BCUT2D eigenvalue weighted by Gasteiger charge is -2.06. The first-order valence-corrected chi connectivity index (χ1v) is 7.54. The molecule has 0 spiro atoms. The molecule has 3 nitrogen and oxygen atoms in total. The fourth-order valence-corrected chi connectivity index (χ4v) is 2.91. The lowest BCUT2D eigenvalue weighted by atomic mass is 10.0. The van der Waals surface area contributed by atoms with Crippen LogP contribution < -0.4 is 5.32 Å². The molecule has 0 aliphatic heterocycles. The van der Waals surface area contributed by atoms with Crippen LogP contribution in [0, 0.1) is 5.92 Å². The number of nitrogens with zero attached hydrogens (tertiary/aromatic N) is 1. The Morgan fingerprint density at radius 2 is 2.00 bits per heavy atom. The van der Waals surface area contributed by atoms with E-state index >= 15 is 0 Å². The molecule has 0 saturated heterocycles. The van der Waals surface area contributed by atoms with E-state index in [9.17, 15) is 0 Å². The maximum absolute atomic E-state index is 5.02. The van der Waals surface area contributed by atoms with Crippen molar-refractivity contribution in [2.45, 2.75) is 46.6 Å². The monoisotopic (exact) mass is 270 g/mol. The minimum Gasteiger partial charge on any atom is -0.383 e. The van der Waals surface area contributed by atoms with Crippen molar-refractivity contribution in [3.8, 4) is 0 Å². The van der Waals surface area contributed by atoms with Gasteiger partial charge in [-0.1, -0.05) is 27.7 Å². The fraction of sp³-hybridized carbons (Fsp3) is 0.786. The van der Waals surface area contributed by atoms with Gasteiger partial charge in [-0.15, -0.1) is 11.3 Å². The Labute approximate surface area is 115 Å². The molecule has 1 aromatic heterocycles. The third kappa shape index (κ3) is 5.04. The van der Waals surface area contributed by atoms with Crippen molar-refractivity contribution in [2.75, 3.05) is 20.3 Å². The van der Waals surface area contributed by atoms with Crippen molar-refractivity contribution < 1.29 is 4.74 Å². The molecule has 1 heterocycles. The first-order valence-electron chi connectivity index (χ1n) is 6.72. The van der Waals surface area contributed by atoms with Gasteiger partial charge in [0.05, 0.1) is 12.3 Å². The summed E-state index contributed by atoms with van der Waals surface area (Å²) in [6, 6.07) is 0. The van der Waals surface area contributed by atoms with Crippen molar-refractivity contribution in [3.63, 3.8) is 0 Å². The molecule has 0 unspecified atom stereocenters. The molecule has 1 rings (SSSR count). The van der Waals surface area contributed by atoms with Gasteiger partial charge in [0.1, 0.15) is 5.01 Å². The predicted molar refractivity (Wildman–Crippen MR) is 78.3 cm³/mol. The highest BCUT2D eigenvalue weighted by Crippen LogP contribution is 2.28. The number of methoxy groups -OCH3 is 1. The second-order valence-corrected chi connectivity index (χ2v) is 6.46. The van der Waals surface area contributed by atoms with Crippen LogP contribution in [0.3, 0.4) is 0 Å². The molecule has 104 valence electrons. The Morgan fingerprint density at radius 1 is 1.28 bits per heavy atom. The summed E-state index contributed by atoms with van der Waals surface area (Å²) in [7, 11) is 1.72. The van der Waals surface area contributed by atoms with Crippen LogP contribution in [-0.4, -0.2) is 25.2 Å². The van der Waals surface area contributed by atoms with Crippen LogP contribution in [0.4, 0.5) is 0 Å². The summed E-state index contributed by atoms with van der Waals surface area (Å²) < 4.78 is 5.02. The minimum absolute atomic E-state index is 0.573. The highest BCUT2D eigenvalue weighted by Gasteiger charge is 2.14. The average molecular weight is 270 g/mol. The van der Waals surface area contributed by atoms with Gasteiger partial charge in [0.15, 0.2) is 0 Å². The Morgan fingerprint density at radius 3 is 2.56 bits per heavy atom. The highest BCUT2D eigenvalue weighted by molar-refractivity contribution is 7.11. The van der Waals surface area contributed by atoms with Crippen LogP contribution in [0.1, 0.15) is 49.2 Å². The van der Waals surface area contributed by atoms with Gasteiger partial charge >= 0.3 is 0 Å². The van der Waals surface area contributed by atoms with Gasteiger partial charge in [-0.25, -0.2) is 4.98 Å². The zero-order valence-electron chi connectivity index (χ0n) is 12.2. The van der Waals surface area contributed by atoms with Crippen LogP contribution in [-0.2, 0) is 17.7 Å². The quantitative estimate of drug-likeness (QED) is 0.737. The van der Waals surface area contributed by atoms with Crippen LogP contribution in [0.15, 0.2) is 0 Å². The van der Waals surface area contributed by atoms with Gasteiger partial charge in [-0.2, -0.15) is 0 Å². The SMILES string of the molecule is COCCNCc1nc(CC(C)C)c(C(C)C)s1. The number of aromatic nitrogens is 1. The summed E-state index contributed by atoms with van der Waals surface area (Å²) in [5.41, 5.74) is 1.30. The normalized spacial score (nSPS) is 11.7. The lowest BCUT2D eigenvalue weighted by Crippen LogP contribution is -2.18. The Kier molecular flexibility index (Phi) is 6.82. The van der Waals surface area contributed by atoms with Crippen LogP contribution in [0.25, 0.3) is 0 Å². The number of nitrogens with one attached hydrogen (secondary N) is 1. The molecule has 0 amide bonds. The largest absolute Gasteiger partial charge is 0.383 e. The molecule has 0 aliphatic rings. The summed E-state index contributed by atoms with van der Waals surface area (Å²) in [6.07, 6.45) is 1.09. The molecule has 0 atom stereocenters. The zero-order valence-corrected chi connectivity index (χ0v) is 13.1. The molecule has 4 heteroatoms. The fourth-order valence-electron chi connectivity index (χ4n) is 1.84. The molecule has 0 aromatic carbocycles. The summed E-state index contributed by atoms with van der Waals surface area (Å²) >= 11 is 1.85. The van der Waals surface area contributed by atoms with E-state index in [1.807, 2.05) is 11.3 Å². The van der Waals surface area contributed by atoms with Crippen molar-refractivity contribution in [2.24, 2.45) is 5.92 Å². The van der Waals surface area contributed by atoms with E-state index in [2.05, 4.69) is 33.0 Å². The van der Waals surface area contributed by atoms with Gasteiger partial charge in [0.2, 0.25) is 0 Å². The maximum Gasteiger partial charge on any atom is 0.107 e. The summed E-state index contributed by atoms with van der Waals surface area (Å²) in [6.45, 7) is 11.5. The minimum atomic E-state index is 0.573. The third-order valence-electron chi connectivity index (χ3n) is 2.66. The van der Waals surface area contributed by atoms with Gasteiger partial charge in [-0.05, 0) is 18.3 Å². The van der Waals surface area contributed by atoms with Gasteiger partial charge in [0.25, 0.3) is 0 Å².